The maximum absolute atomic E-state index is 13.4. The first-order valence-electron chi connectivity index (χ1n) is 4.11. The zero-order valence-corrected chi connectivity index (χ0v) is 7.03. The molecule has 0 radical (unpaired) electrons. The lowest BCUT2D eigenvalue weighted by molar-refractivity contribution is 0.126. The van der Waals surface area contributed by atoms with Crippen LogP contribution in [-0.4, -0.2) is 6.61 Å². The molecule has 2 N–H and O–H groups in total. The summed E-state index contributed by atoms with van der Waals surface area (Å²) >= 11 is 0. The zero-order valence-electron chi connectivity index (χ0n) is 7.03. The fourth-order valence-corrected chi connectivity index (χ4v) is 1.38. The van der Waals surface area contributed by atoms with E-state index in [4.69, 9.17) is 10.5 Å². The second-order valence-electron chi connectivity index (χ2n) is 2.93. The van der Waals surface area contributed by atoms with E-state index in [1.807, 2.05) is 12.2 Å². The van der Waals surface area contributed by atoms with Crippen LogP contribution in [0.25, 0.3) is 0 Å². The number of nitrogen functional groups attached to an aromatic ring is 1. The molecule has 0 bridgehead atoms. The highest BCUT2D eigenvalue weighted by atomic mass is 19.1. The van der Waals surface area contributed by atoms with Gasteiger partial charge in [-0.1, -0.05) is 24.3 Å². The van der Waals surface area contributed by atoms with Crippen LogP contribution in [0.2, 0.25) is 0 Å². The molecular weight excluding hydrogens is 169 g/mol. The lowest BCUT2D eigenvalue weighted by Crippen LogP contribution is -2.02. The summed E-state index contributed by atoms with van der Waals surface area (Å²) in [4.78, 5) is 0. The Hall–Kier alpha value is -1.35. The first kappa shape index (κ1) is 8.26. The van der Waals surface area contributed by atoms with Gasteiger partial charge in [0.25, 0.3) is 0 Å². The highest BCUT2D eigenvalue weighted by Gasteiger charge is 2.17. The Kier molecular flexibility index (Phi) is 2.02. The Balaban J connectivity index is 2.39. The van der Waals surface area contributed by atoms with E-state index >= 15 is 0 Å². The standard InChI is InChI=1S/C10H10FNO/c11-10-7(3-1-4-8(10)12)9-5-2-6-13-9/h1-5,9H,6,12H2. The number of rotatable bonds is 1. The summed E-state index contributed by atoms with van der Waals surface area (Å²) in [6.07, 6.45) is 3.43. The monoisotopic (exact) mass is 179 g/mol. The van der Waals surface area contributed by atoms with Gasteiger partial charge in [-0.25, -0.2) is 4.39 Å². The average molecular weight is 179 g/mol. The van der Waals surface area contributed by atoms with Gasteiger partial charge in [0.1, 0.15) is 6.10 Å². The van der Waals surface area contributed by atoms with Gasteiger partial charge >= 0.3 is 0 Å². The van der Waals surface area contributed by atoms with E-state index in [1.165, 1.54) is 6.07 Å². The second kappa shape index (κ2) is 3.18. The lowest BCUT2D eigenvalue weighted by Gasteiger charge is -2.10. The van der Waals surface area contributed by atoms with Crippen LogP contribution in [0.4, 0.5) is 10.1 Å². The van der Waals surface area contributed by atoms with Crippen molar-refractivity contribution in [3.05, 3.63) is 41.7 Å². The Morgan fingerprint density at radius 1 is 1.46 bits per heavy atom. The van der Waals surface area contributed by atoms with Gasteiger partial charge in [0, 0.05) is 5.56 Å². The molecule has 1 aliphatic rings. The maximum Gasteiger partial charge on any atom is 0.152 e. The second-order valence-corrected chi connectivity index (χ2v) is 2.93. The summed E-state index contributed by atoms with van der Waals surface area (Å²) in [6.45, 7) is 0.541. The minimum absolute atomic E-state index is 0.168. The van der Waals surface area contributed by atoms with E-state index in [9.17, 15) is 4.39 Å². The molecule has 1 atom stereocenters. The number of anilines is 1. The van der Waals surface area contributed by atoms with Gasteiger partial charge < -0.3 is 10.5 Å². The van der Waals surface area contributed by atoms with E-state index < -0.39 is 0 Å². The maximum atomic E-state index is 13.4. The first-order chi connectivity index (χ1) is 6.29. The molecule has 0 amide bonds. The molecule has 0 spiro atoms. The number of benzene rings is 1. The lowest BCUT2D eigenvalue weighted by atomic mass is 10.1. The van der Waals surface area contributed by atoms with Crippen molar-refractivity contribution >= 4 is 5.69 Å². The van der Waals surface area contributed by atoms with Gasteiger partial charge in [-0.15, -0.1) is 0 Å². The largest absolute Gasteiger partial charge is 0.396 e. The molecule has 2 rings (SSSR count). The number of ether oxygens (including phenoxy) is 1. The number of hydrogen-bond acceptors (Lipinski definition) is 2. The normalized spacial score (nSPS) is 20.8. The zero-order chi connectivity index (χ0) is 9.26. The van der Waals surface area contributed by atoms with Crippen LogP contribution < -0.4 is 5.73 Å². The summed E-state index contributed by atoms with van der Waals surface area (Å²) in [7, 11) is 0. The van der Waals surface area contributed by atoms with E-state index in [1.54, 1.807) is 12.1 Å². The SMILES string of the molecule is Nc1cccc(C2C=CCO2)c1F. The highest BCUT2D eigenvalue weighted by Crippen LogP contribution is 2.27. The fourth-order valence-electron chi connectivity index (χ4n) is 1.38. The molecule has 0 aliphatic carbocycles. The van der Waals surface area contributed by atoms with Crippen LogP contribution in [0.3, 0.4) is 0 Å². The predicted octanol–water partition coefficient (Wildman–Crippen LogP) is 2.04. The minimum Gasteiger partial charge on any atom is -0.396 e. The van der Waals surface area contributed by atoms with Crippen LogP contribution >= 0.6 is 0 Å². The molecule has 2 nitrogen and oxygen atoms in total. The molecule has 0 aromatic heterocycles. The topological polar surface area (TPSA) is 35.2 Å². The van der Waals surface area contributed by atoms with Crippen molar-refractivity contribution < 1.29 is 9.13 Å². The Morgan fingerprint density at radius 2 is 2.31 bits per heavy atom. The van der Waals surface area contributed by atoms with Crippen LogP contribution in [0.15, 0.2) is 30.4 Å². The summed E-state index contributed by atoms with van der Waals surface area (Å²) in [5, 5.41) is 0. The van der Waals surface area contributed by atoms with Crippen molar-refractivity contribution in [2.75, 3.05) is 12.3 Å². The smallest absolute Gasteiger partial charge is 0.152 e. The third kappa shape index (κ3) is 1.42. The minimum atomic E-state index is -0.376. The van der Waals surface area contributed by atoms with Crippen molar-refractivity contribution in [3.63, 3.8) is 0 Å². The van der Waals surface area contributed by atoms with Crippen LogP contribution in [0.1, 0.15) is 11.7 Å². The molecule has 1 aliphatic heterocycles. The van der Waals surface area contributed by atoms with Crippen LogP contribution in [-0.2, 0) is 4.74 Å². The van der Waals surface area contributed by atoms with Crippen molar-refractivity contribution in [2.45, 2.75) is 6.10 Å². The fraction of sp³-hybridized carbons (Fsp3) is 0.200. The van der Waals surface area contributed by atoms with Gasteiger partial charge in [-0.2, -0.15) is 0 Å². The highest BCUT2D eigenvalue weighted by molar-refractivity contribution is 5.44. The van der Waals surface area contributed by atoms with Gasteiger partial charge in [0.05, 0.1) is 12.3 Å². The summed E-state index contributed by atoms with van der Waals surface area (Å²) in [6, 6.07) is 4.95. The first-order valence-corrected chi connectivity index (χ1v) is 4.11. The van der Waals surface area contributed by atoms with Crippen LogP contribution in [0.5, 0.6) is 0 Å². The number of nitrogens with two attached hydrogens (primary N) is 1. The van der Waals surface area contributed by atoms with Gasteiger partial charge in [0.2, 0.25) is 0 Å². The van der Waals surface area contributed by atoms with E-state index in [-0.39, 0.29) is 17.6 Å². The molecular formula is C10H10FNO. The molecule has 1 aromatic rings. The van der Waals surface area contributed by atoms with Gasteiger partial charge in [-0.05, 0) is 6.07 Å². The molecule has 3 heteroatoms. The molecule has 68 valence electrons. The molecule has 0 saturated carbocycles. The molecule has 13 heavy (non-hydrogen) atoms. The van der Waals surface area contributed by atoms with Crippen LogP contribution in [0, 0.1) is 5.82 Å². The molecule has 1 heterocycles. The Bertz CT molecular complexity index is 349. The summed E-state index contributed by atoms with van der Waals surface area (Å²) in [5.74, 6) is -0.376. The molecule has 1 aromatic carbocycles. The summed E-state index contributed by atoms with van der Waals surface area (Å²) in [5.41, 5.74) is 6.11. The quantitative estimate of drug-likeness (QED) is 0.529. The average Bonchev–Trinajstić information content (AvgIpc) is 2.62. The molecule has 1 unspecified atom stereocenters. The van der Waals surface area contributed by atoms with Crippen molar-refractivity contribution in [3.8, 4) is 0 Å². The molecule has 0 saturated heterocycles. The summed E-state index contributed by atoms with van der Waals surface area (Å²) < 4.78 is 18.7. The number of hydrogen-bond donors (Lipinski definition) is 1. The predicted molar refractivity (Wildman–Crippen MR) is 48.6 cm³/mol. The van der Waals surface area contributed by atoms with E-state index in [0.29, 0.717) is 12.2 Å². The van der Waals surface area contributed by atoms with Crippen molar-refractivity contribution in [2.24, 2.45) is 0 Å². The van der Waals surface area contributed by atoms with E-state index in [0.717, 1.165) is 0 Å². The Labute approximate surface area is 75.8 Å². The van der Waals surface area contributed by atoms with E-state index in [2.05, 4.69) is 0 Å². The molecule has 0 fully saturated rings. The third-order valence-corrected chi connectivity index (χ3v) is 2.05. The van der Waals surface area contributed by atoms with Crippen molar-refractivity contribution in [1.82, 2.24) is 0 Å². The van der Waals surface area contributed by atoms with Gasteiger partial charge in [0.15, 0.2) is 5.82 Å². The Morgan fingerprint density at radius 3 is 3.00 bits per heavy atom. The third-order valence-electron chi connectivity index (χ3n) is 2.05. The van der Waals surface area contributed by atoms with Crippen molar-refractivity contribution in [1.29, 1.82) is 0 Å². The van der Waals surface area contributed by atoms with Gasteiger partial charge in [-0.3, -0.25) is 0 Å². The number of halogens is 1.